The molecule has 4 nitrogen and oxygen atoms in total. The standard InChI is InChI=1S/C13H13ClF3NO3/c1-7(5-12(20)21)4-11(19)18-10-3-2-8(6-9(10)14)13(15,16)17/h2-3,6-7H,4-5H2,1H3,(H,18,19)(H,20,21). The lowest BCUT2D eigenvalue weighted by Gasteiger charge is -2.12. The summed E-state index contributed by atoms with van der Waals surface area (Å²) in [6, 6.07) is 2.59. The number of alkyl halides is 3. The largest absolute Gasteiger partial charge is 0.481 e. The summed E-state index contributed by atoms with van der Waals surface area (Å²) in [7, 11) is 0. The van der Waals surface area contributed by atoms with Crippen LogP contribution in [0, 0.1) is 5.92 Å². The van der Waals surface area contributed by atoms with Gasteiger partial charge in [-0.3, -0.25) is 9.59 Å². The van der Waals surface area contributed by atoms with Gasteiger partial charge < -0.3 is 10.4 Å². The Morgan fingerprint density at radius 3 is 2.43 bits per heavy atom. The minimum absolute atomic E-state index is 0.0530. The zero-order valence-corrected chi connectivity index (χ0v) is 11.8. The van der Waals surface area contributed by atoms with Gasteiger partial charge in [-0.25, -0.2) is 0 Å². The topological polar surface area (TPSA) is 66.4 Å². The molecule has 1 aromatic rings. The fourth-order valence-corrected chi connectivity index (χ4v) is 1.91. The Labute approximate surface area is 123 Å². The van der Waals surface area contributed by atoms with E-state index in [1.807, 2.05) is 0 Å². The zero-order valence-electron chi connectivity index (χ0n) is 11.0. The minimum atomic E-state index is -4.51. The number of hydrogen-bond acceptors (Lipinski definition) is 2. The highest BCUT2D eigenvalue weighted by Gasteiger charge is 2.31. The highest BCUT2D eigenvalue weighted by molar-refractivity contribution is 6.33. The van der Waals surface area contributed by atoms with Crippen LogP contribution in [-0.4, -0.2) is 17.0 Å². The Hall–Kier alpha value is -1.76. The van der Waals surface area contributed by atoms with E-state index in [0.717, 1.165) is 18.2 Å². The average Bonchev–Trinajstić information content (AvgIpc) is 2.28. The maximum Gasteiger partial charge on any atom is 0.416 e. The van der Waals surface area contributed by atoms with Crippen LogP contribution >= 0.6 is 11.6 Å². The first-order valence-corrected chi connectivity index (χ1v) is 6.35. The number of carbonyl (C=O) groups excluding carboxylic acids is 1. The van der Waals surface area contributed by atoms with Crippen molar-refractivity contribution in [3.63, 3.8) is 0 Å². The van der Waals surface area contributed by atoms with Crippen molar-refractivity contribution in [2.45, 2.75) is 25.9 Å². The monoisotopic (exact) mass is 323 g/mol. The fraction of sp³-hybridized carbons (Fsp3) is 0.385. The Bertz CT molecular complexity index is 546. The molecule has 0 fully saturated rings. The van der Waals surface area contributed by atoms with Gasteiger partial charge >= 0.3 is 12.1 Å². The number of carboxylic acid groups (broad SMARTS) is 1. The van der Waals surface area contributed by atoms with Crippen LogP contribution < -0.4 is 5.32 Å². The number of benzene rings is 1. The van der Waals surface area contributed by atoms with E-state index in [1.54, 1.807) is 6.92 Å². The number of carbonyl (C=O) groups is 2. The van der Waals surface area contributed by atoms with Crippen molar-refractivity contribution in [1.29, 1.82) is 0 Å². The van der Waals surface area contributed by atoms with Crippen molar-refractivity contribution < 1.29 is 27.9 Å². The molecule has 8 heteroatoms. The maximum atomic E-state index is 12.5. The molecule has 1 rings (SSSR count). The third-order valence-electron chi connectivity index (χ3n) is 2.63. The van der Waals surface area contributed by atoms with Gasteiger partial charge in [-0.1, -0.05) is 18.5 Å². The van der Waals surface area contributed by atoms with E-state index in [2.05, 4.69) is 5.32 Å². The van der Waals surface area contributed by atoms with Crippen LogP contribution in [0.5, 0.6) is 0 Å². The lowest BCUT2D eigenvalue weighted by molar-refractivity contribution is -0.138. The van der Waals surface area contributed by atoms with Crippen LogP contribution in [0.3, 0.4) is 0 Å². The van der Waals surface area contributed by atoms with E-state index in [4.69, 9.17) is 16.7 Å². The zero-order chi connectivity index (χ0) is 16.2. The molecule has 0 radical (unpaired) electrons. The van der Waals surface area contributed by atoms with Gasteiger partial charge in [0.15, 0.2) is 0 Å². The van der Waals surface area contributed by atoms with Crippen LogP contribution in [0.25, 0.3) is 0 Å². The summed E-state index contributed by atoms with van der Waals surface area (Å²) in [5.41, 5.74) is -0.859. The molecule has 116 valence electrons. The average molecular weight is 324 g/mol. The summed E-state index contributed by atoms with van der Waals surface area (Å²) in [6.07, 6.45) is -4.75. The summed E-state index contributed by atoms with van der Waals surface area (Å²) in [5.74, 6) is -1.93. The highest BCUT2D eigenvalue weighted by atomic mass is 35.5. The second kappa shape index (κ2) is 6.80. The number of amides is 1. The van der Waals surface area contributed by atoms with Gasteiger partial charge in [-0.05, 0) is 24.1 Å². The number of nitrogens with one attached hydrogen (secondary N) is 1. The molecule has 1 amide bonds. The molecule has 0 aromatic heterocycles. The van der Waals surface area contributed by atoms with E-state index in [1.165, 1.54) is 0 Å². The molecule has 1 unspecified atom stereocenters. The van der Waals surface area contributed by atoms with Gasteiger partial charge in [-0.2, -0.15) is 13.2 Å². The summed E-state index contributed by atoms with van der Waals surface area (Å²) < 4.78 is 37.4. The molecule has 0 spiro atoms. The predicted octanol–water partition coefficient (Wildman–Crippen LogP) is 3.80. The second-order valence-corrected chi connectivity index (χ2v) is 5.05. The number of hydrogen-bond donors (Lipinski definition) is 2. The van der Waals surface area contributed by atoms with Gasteiger partial charge in [0.05, 0.1) is 16.3 Å². The molecule has 0 aliphatic carbocycles. The third kappa shape index (κ3) is 5.63. The highest BCUT2D eigenvalue weighted by Crippen LogP contribution is 2.33. The predicted molar refractivity (Wildman–Crippen MR) is 71.1 cm³/mol. The quantitative estimate of drug-likeness (QED) is 0.866. The van der Waals surface area contributed by atoms with Gasteiger partial charge in [0.2, 0.25) is 5.91 Å². The number of aliphatic carboxylic acids is 1. The Morgan fingerprint density at radius 1 is 1.33 bits per heavy atom. The Morgan fingerprint density at radius 2 is 1.95 bits per heavy atom. The summed E-state index contributed by atoms with van der Waals surface area (Å²) in [5, 5.41) is 10.7. The van der Waals surface area contributed by atoms with E-state index in [9.17, 15) is 22.8 Å². The summed E-state index contributed by atoms with van der Waals surface area (Å²) in [6.45, 7) is 1.59. The number of rotatable bonds is 5. The van der Waals surface area contributed by atoms with E-state index in [0.29, 0.717) is 0 Å². The van der Waals surface area contributed by atoms with Crippen molar-refractivity contribution in [3.8, 4) is 0 Å². The number of carboxylic acids is 1. The first-order chi connectivity index (χ1) is 9.59. The maximum absolute atomic E-state index is 12.5. The molecular formula is C13H13ClF3NO3. The molecule has 1 atom stereocenters. The van der Waals surface area contributed by atoms with Crippen LogP contribution in [0.15, 0.2) is 18.2 Å². The lowest BCUT2D eigenvalue weighted by Crippen LogP contribution is -2.17. The van der Waals surface area contributed by atoms with Crippen LogP contribution in [0.4, 0.5) is 18.9 Å². The van der Waals surface area contributed by atoms with Crippen LogP contribution in [0.2, 0.25) is 5.02 Å². The molecule has 2 N–H and O–H groups in total. The van der Waals surface area contributed by atoms with Crippen LogP contribution in [0.1, 0.15) is 25.3 Å². The van der Waals surface area contributed by atoms with Gasteiger partial charge in [0.1, 0.15) is 0 Å². The molecule has 0 bridgehead atoms. The van der Waals surface area contributed by atoms with Crippen molar-refractivity contribution in [2.75, 3.05) is 5.32 Å². The van der Waals surface area contributed by atoms with Crippen molar-refractivity contribution in [3.05, 3.63) is 28.8 Å². The molecule has 21 heavy (non-hydrogen) atoms. The summed E-state index contributed by atoms with van der Waals surface area (Å²) >= 11 is 5.69. The first-order valence-electron chi connectivity index (χ1n) is 5.98. The number of anilines is 1. The molecule has 0 heterocycles. The molecule has 0 saturated heterocycles. The third-order valence-corrected chi connectivity index (χ3v) is 2.94. The molecule has 0 aliphatic rings. The Balaban J connectivity index is 2.71. The molecule has 0 saturated carbocycles. The fourth-order valence-electron chi connectivity index (χ4n) is 1.68. The molecule has 1 aromatic carbocycles. The van der Waals surface area contributed by atoms with E-state index >= 15 is 0 Å². The normalized spacial score (nSPS) is 12.8. The van der Waals surface area contributed by atoms with Crippen LogP contribution in [-0.2, 0) is 15.8 Å². The first kappa shape index (κ1) is 17.3. The van der Waals surface area contributed by atoms with E-state index in [-0.39, 0.29) is 23.6 Å². The SMILES string of the molecule is CC(CC(=O)O)CC(=O)Nc1ccc(C(F)(F)F)cc1Cl. The van der Waals surface area contributed by atoms with Gasteiger partial charge in [0.25, 0.3) is 0 Å². The van der Waals surface area contributed by atoms with E-state index < -0.39 is 29.5 Å². The lowest BCUT2D eigenvalue weighted by atomic mass is 10.0. The van der Waals surface area contributed by atoms with Gasteiger partial charge in [-0.15, -0.1) is 0 Å². The Kier molecular flexibility index (Phi) is 5.60. The molecule has 0 aliphatic heterocycles. The minimum Gasteiger partial charge on any atom is -0.481 e. The molecular weight excluding hydrogens is 311 g/mol. The number of halogens is 4. The van der Waals surface area contributed by atoms with Crippen molar-refractivity contribution >= 4 is 29.2 Å². The van der Waals surface area contributed by atoms with Crippen molar-refractivity contribution in [1.82, 2.24) is 0 Å². The van der Waals surface area contributed by atoms with Gasteiger partial charge in [0, 0.05) is 12.8 Å². The summed E-state index contributed by atoms with van der Waals surface area (Å²) in [4.78, 5) is 22.1. The smallest absolute Gasteiger partial charge is 0.416 e. The van der Waals surface area contributed by atoms with Crippen molar-refractivity contribution in [2.24, 2.45) is 5.92 Å². The second-order valence-electron chi connectivity index (χ2n) is 4.65.